The quantitative estimate of drug-likeness (QED) is 0.734. The molecule has 1 aliphatic carbocycles. The van der Waals surface area contributed by atoms with E-state index >= 15 is 0 Å². The molecule has 0 aliphatic heterocycles. The van der Waals surface area contributed by atoms with Crippen LogP contribution in [0.2, 0.25) is 0 Å². The van der Waals surface area contributed by atoms with Gasteiger partial charge in [0.15, 0.2) is 0 Å². The Balaban J connectivity index is 2.16. The molecular weight excluding hydrogens is 188 g/mol. The van der Waals surface area contributed by atoms with Gasteiger partial charge in [-0.25, -0.2) is 0 Å². The van der Waals surface area contributed by atoms with E-state index in [0.29, 0.717) is 18.8 Å². The first-order valence-electron chi connectivity index (χ1n) is 6.42. The predicted octanol–water partition coefficient (Wildman–Crippen LogP) is 3.08. The highest BCUT2D eigenvalue weighted by atomic mass is 16.3. The highest BCUT2D eigenvalue weighted by Crippen LogP contribution is 2.27. The van der Waals surface area contributed by atoms with Gasteiger partial charge >= 0.3 is 0 Å². The third-order valence-corrected chi connectivity index (χ3v) is 3.33. The maximum atomic E-state index is 11.6. The van der Waals surface area contributed by atoms with Crippen LogP contribution in [0.25, 0.3) is 0 Å². The molecule has 0 spiro atoms. The lowest BCUT2D eigenvalue weighted by Crippen LogP contribution is -2.17. The summed E-state index contributed by atoms with van der Waals surface area (Å²) in [6.07, 6.45) is 8.75. The van der Waals surface area contributed by atoms with Gasteiger partial charge in [-0.2, -0.15) is 0 Å². The summed E-state index contributed by atoms with van der Waals surface area (Å²) >= 11 is 0. The number of carbonyl (C=O) groups is 1. The van der Waals surface area contributed by atoms with Gasteiger partial charge in [0.05, 0.1) is 6.10 Å². The fraction of sp³-hybridized carbons (Fsp3) is 0.923. The second-order valence-corrected chi connectivity index (χ2v) is 4.89. The normalized spacial score (nSPS) is 20.1. The van der Waals surface area contributed by atoms with Crippen molar-refractivity contribution in [3.8, 4) is 0 Å². The molecule has 2 nitrogen and oxygen atoms in total. The minimum Gasteiger partial charge on any atom is -0.393 e. The first kappa shape index (κ1) is 12.7. The molecule has 88 valence electrons. The van der Waals surface area contributed by atoms with Crippen molar-refractivity contribution >= 4 is 5.78 Å². The summed E-state index contributed by atoms with van der Waals surface area (Å²) < 4.78 is 0. The molecule has 0 bridgehead atoms. The van der Waals surface area contributed by atoms with E-state index in [-0.39, 0.29) is 5.78 Å². The molecule has 1 atom stereocenters. The van der Waals surface area contributed by atoms with Crippen molar-refractivity contribution in [2.24, 2.45) is 5.92 Å². The molecule has 0 aromatic rings. The molecule has 1 rings (SSSR count). The molecule has 0 heterocycles. The van der Waals surface area contributed by atoms with E-state index in [2.05, 4.69) is 0 Å². The number of hydrogen-bond acceptors (Lipinski definition) is 2. The van der Waals surface area contributed by atoms with Crippen LogP contribution in [0, 0.1) is 5.92 Å². The second kappa shape index (κ2) is 7.00. The minimum absolute atomic E-state index is 0.267. The van der Waals surface area contributed by atoms with Gasteiger partial charge in [-0.15, -0.1) is 0 Å². The van der Waals surface area contributed by atoms with E-state index in [4.69, 9.17) is 0 Å². The van der Waals surface area contributed by atoms with Crippen LogP contribution in [0.1, 0.15) is 64.7 Å². The third kappa shape index (κ3) is 5.31. The van der Waals surface area contributed by atoms with E-state index in [1.807, 2.05) is 6.92 Å². The van der Waals surface area contributed by atoms with Crippen molar-refractivity contribution in [2.45, 2.75) is 70.8 Å². The molecule has 0 aromatic heterocycles. The molecule has 15 heavy (non-hydrogen) atoms. The van der Waals surface area contributed by atoms with Crippen molar-refractivity contribution in [3.05, 3.63) is 0 Å². The van der Waals surface area contributed by atoms with Crippen LogP contribution < -0.4 is 0 Å². The molecule has 1 N–H and O–H groups in total. The maximum absolute atomic E-state index is 11.6. The summed E-state index contributed by atoms with van der Waals surface area (Å²) in [6, 6.07) is 0. The van der Waals surface area contributed by atoms with Gasteiger partial charge in [-0.1, -0.05) is 45.4 Å². The SMILES string of the molecule is CCCC(O)CC(=O)CC1CCCCC1. The summed E-state index contributed by atoms with van der Waals surface area (Å²) in [5.41, 5.74) is 0. The first-order valence-corrected chi connectivity index (χ1v) is 6.42. The number of hydrogen-bond donors (Lipinski definition) is 1. The van der Waals surface area contributed by atoms with E-state index < -0.39 is 6.10 Å². The van der Waals surface area contributed by atoms with E-state index in [1.54, 1.807) is 0 Å². The van der Waals surface area contributed by atoms with Crippen molar-refractivity contribution in [1.82, 2.24) is 0 Å². The van der Waals surface area contributed by atoms with E-state index in [0.717, 1.165) is 12.8 Å². The Labute approximate surface area is 93.1 Å². The summed E-state index contributed by atoms with van der Waals surface area (Å²) in [7, 11) is 0. The fourth-order valence-corrected chi connectivity index (χ4v) is 2.49. The number of Topliss-reactive ketones (excluding diaryl/α,β-unsaturated/α-hetero) is 1. The Hall–Kier alpha value is -0.370. The third-order valence-electron chi connectivity index (χ3n) is 3.33. The smallest absolute Gasteiger partial charge is 0.135 e. The largest absolute Gasteiger partial charge is 0.393 e. The van der Waals surface area contributed by atoms with Crippen LogP contribution >= 0.6 is 0 Å². The average Bonchev–Trinajstić information content (AvgIpc) is 2.19. The molecule has 1 saturated carbocycles. The molecule has 2 heteroatoms. The van der Waals surface area contributed by atoms with Gasteiger partial charge in [0.2, 0.25) is 0 Å². The number of aliphatic hydroxyl groups excluding tert-OH is 1. The molecule has 1 aliphatic rings. The molecule has 0 saturated heterocycles. The van der Waals surface area contributed by atoms with Crippen LogP contribution in [-0.2, 0) is 4.79 Å². The summed E-state index contributed by atoms with van der Waals surface area (Å²) in [4.78, 5) is 11.6. The number of rotatable bonds is 6. The lowest BCUT2D eigenvalue weighted by molar-refractivity contribution is -0.122. The fourth-order valence-electron chi connectivity index (χ4n) is 2.49. The lowest BCUT2D eigenvalue weighted by atomic mass is 9.85. The van der Waals surface area contributed by atoms with Crippen LogP contribution in [0.4, 0.5) is 0 Å². The molecule has 1 unspecified atom stereocenters. The van der Waals surface area contributed by atoms with Gasteiger partial charge in [-0.05, 0) is 12.3 Å². The van der Waals surface area contributed by atoms with Crippen molar-refractivity contribution in [1.29, 1.82) is 0 Å². The van der Waals surface area contributed by atoms with E-state index in [1.165, 1.54) is 32.1 Å². The molecular formula is C13H24O2. The van der Waals surface area contributed by atoms with Gasteiger partial charge in [-0.3, -0.25) is 4.79 Å². The van der Waals surface area contributed by atoms with Crippen molar-refractivity contribution < 1.29 is 9.90 Å². The van der Waals surface area contributed by atoms with Gasteiger partial charge < -0.3 is 5.11 Å². The van der Waals surface area contributed by atoms with Crippen molar-refractivity contribution in [3.63, 3.8) is 0 Å². The lowest BCUT2D eigenvalue weighted by Gasteiger charge is -2.21. The van der Waals surface area contributed by atoms with Crippen LogP contribution in [0.5, 0.6) is 0 Å². The second-order valence-electron chi connectivity index (χ2n) is 4.89. The molecule has 0 radical (unpaired) electrons. The summed E-state index contributed by atoms with van der Waals surface area (Å²) in [5, 5.41) is 9.53. The Morgan fingerprint density at radius 2 is 2.00 bits per heavy atom. The minimum atomic E-state index is -0.397. The van der Waals surface area contributed by atoms with Gasteiger partial charge in [0.1, 0.15) is 5.78 Å². The predicted molar refractivity (Wildman–Crippen MR) is 61.7 cm³/mol. The van der Waals surface area contributed by atoms with Crippen LogP contribution in [0.3, 0.4) is 0 Å². The van der Waals surface area contributed by atoms with E-state index in [9.17, 15) is 9.90 Å². The number of aliphatic hydroxyl groups is 1. The number of ketones is 1. The first-order chi connectivity index (χ1) is 7.22. The summed E-state index contributed by atoms with van der Waals surface area (Å²) in [5.74, 6) is 0.878. The number of carbonyl (C=O) groups excluding carboxylic acids is 1. The topological polar surface area (TPSA) is 37.3 Å². The zero-order valence-corrected chi connectivity index (χ0v) is 9.87. The highest BCUT2D eigenvalue weighted by molar-refractivity contribution is 5.79. The zero-order valence-electron chi connectivity index (χ0n) is 9.87. The van der Waals surface area contributed by atoms with Gasteiger partial charge in [0.25, 0.3) is 0 Å². The molecule has 0 amide bonds. The Kier molecular flexibility index (Phi) is 5.92. The Morgan fingerprint density at radius 3 is 2.60 bits per heavy atom. The Bertz CT molecular complexity index is 183. The standard InChI is InChI=1S/C13H24O2/c1-2-6-12(14)10-13(15)9-11-7-4-3-5-8-11/h11-12,14H,2-10H2,1H3. The zero-order chi connectivity index (χ0) is 11.1. The van der Waals surface area contributed by atoms with Gasteiger partial charge in [0, 0.05) is 12.8 Å². The average molecular weight is 212 g/mol. The summed E-state index contributed by atoms with van der Waals surface area (Å²) in [6.45, 7) is 2.04. The monoisotopic (exact) mass is 212 g/mol. The highest BCUT2D eigenvalue weighted by Gasteiger charge is 2.18. The molecule has 1 fully saturated rings. The van der Waals surface area contributed by atoms with Crippen LogP contribution in [-0.4, -0.2) is 17.0 Å². The molecule has 0 aromatic carbocycles. The van der Waals surface area contributed by atoms with Crippen molar-refractivity contribution in [2.75, 3.05) is 0 Å². The van der Waals surface area contributed by atoms with Crippen LogP contribution in [0.15, 0.2) is 0 Å². The maximum Gasteiger partial charge on any atom is 0.135 e. The Morgan fingerprint density at radius 1 is 1.33 bits per heavy atom.